The van der Waals surface area contributed by atoms with Gasteiger partial charge in [-0.1, -0.05) is 48.9 Å². The first-order valence-corrected chi connectivity index (χ1v) is 8.52. The predicted octanol–water partition coefficient (Wildman–Crippen LogP) is 5.25. The van der Waals surface area contributed by atoms with Crippen LogP contribution in [0.3, 0.4) is 0 Å². The summed E-state index contributed by atoms with van der Waals surface area (Å²) in [6.07, 6.45) is 2.44. The number of nitrogens with one attached hydrogen (secondary N) is 1. The number of rotatable bonds is 6. The van der Waals surface area contributed by atoms with Gasteiger partial charge in [-0.15, -0.1) is 11.3 Å². The summed E-state index contributed by atoms with van der Waals surface area (Å²) in [5.41, 5.74) is 1.48. The Hall–Kier alpha value is -0.830. The summed E-state index contributed by atoms with van der Waals surface area (Å²) < 4.78 is 0.889. The Morgan fingerprint density at radius 3 is 2.70 bits per heavy atom. The van der Waals surface area contributed by atoms with Crippen LogP contribution < -0.4 is 5.32 Å². The van der Waals surface area contributed by atoms with Gasteiger partial charge in [0.2, 0.25) is 0 Å². The molecule has 1 aliphatic carbocycles. The highest BCUT2D eigenvalue weighted by Crippen LogP contribution is 2.54. The van der Waals surface area contributed by atoms with Crippen LogP contribution >= 0.6 is 22.9 Å². The Kier molecular flexibility index (Phi) is 4.45. The van der Waals surface area contributed by atoms with E-state index in [2.05, 4.69) is 48.6 Å². The summed E-state index contributed by atoms with van der Waals surface area (Å²) in [4.78, 5) is 1.38. The molecule has 0 aliphatic heterocycles. The van der Waals surface area contributed by atoms with Crippen molar-refractivity contribution >= 4 is 22.9 Å². The predicted molar refractivity (Wildman–Crippen MR) is 87.7 cm³/mol. The summed E-state index contributed by atoms with van der Waals surface area (Å²) >= 11 is 7.82. The average molecular weight is 306 g/mol. The second-order valence-corrected chi connectivity index (χ2v) is 7.24. The average Bonchev–Trinajstić information content (AvgIpc) is 3.15. The molecule has 3 heteroatoms. The van der Waals surface area contributed by atoms with Gasteiger partial charge in [0, 0.05) is 10.9 Å². The lowest BCUT2D eigenvalue weighted by atomic mass is 10.0. The second kappa shape index (κ2) is 6.30. The third kappa shape index (κ3) is 3.08. The first-order valence-electron chi connectivity index (χ1n) is 7.33. The minimum absolute atomic E-state index is 0.456. The van der Waals surface area contributed by atoms with Gasteiger partial charge in [-0.25, -0.2) is 0 Å². The monoisotopic (exact) mass is 305 g/mol. The first-order chi connectivity index (χ1) is 9.79. The van der Waals surface area contributed by atoms with E-state index < -0.39 is 0 Å². The molecule has 1 nitrogen and oxygen atoms in total. The van der Waals surface area contributed by atoms with Gasteiger partial charge < -0.3 is 5.32 Å². The van der Waals surface area contributed by atoms with Crippen LogP contribution in [0.5, 0.6) is 0 Å². The van der Waals surface area contributed by atoms with Crippen LogP contribution in [-0.4, -0.2) is 6.54 Å². The van der Waals surface area contributed by atoms with Gasteiger partial charge in [0.15, 0.2) is 0 Å². The lowest BCUT2D eigenvalue weighted by molar-refractivity contribution is 0.480. The molecular formula is C17H20ClNS. The number of hydrogen-bond acceptors (Lipinski definition) is 2. The van der Waals surface area contributed by atoms with Crippen molar-refractivity contribution in [2.75, 3.05) is 6.54 Å². The minimum atomic E-state index is 0.456. The lowest BCUT2D eigenvalue weighted by Crippen LogP contribution is -2.23. The molecule has 1 fully saturated rings. The minimum Gasteiger partial charge on any atom is -0.309 e. The molecule has 1 N–H and O–H groups in total. The van der Waals surface area contributed by atoms with Crippen molar-refractivity contribution in [1.82, 2.24) is 5.32 Å². The summed E-state index contributed by atoms with van der Waals surface area (Å²) in [6.45, 7) is 3.28. The standard InChI is InChI=1S/C17H20ClNS/c1-2-10-19-17(15-8-9-16(18)20-15)14-11-13(14)12-6-4-3-5-7-12/h3-9,13-14,17,19H,2,10-11H2,1H3. The zero-order chi connectivity index (χ0) is 13.9. The fraction of sp³-hybridized carbons (Fsp3) is 0.412. The zero-order valence-corrected chi connectivity index (χ0v) is 13.3. The highest BCUT2D eigenvalue weighted by atomic mass is 35.5. The normalized spacial score (nSPS) is 22.7. The summed E-state index contributed by atoms with van der Waals surface area (Å²) in [7, 11) is 0. The van der Waals surface area contributed by atoms with Gasteiger partial charge in [0.05, 0.1) is 4.34 Å². The highest BCUT2D eigenvalue weighted by Gasteiger charge is 2.44. The van der Waals surface area contributed by atoms with Gasteiger partial charge in [0.1, 0.15) is 0 Å². The van der Waals surface area contributed by atoms with Crippen molar-refractivity contribution < 1.29 is 0 Å². The second-order valence-electron chi connectivity index (χ2n) is 5.49. The lowest BCUT2D eigenvalue weighted by Gasteiger charge is -2.17. The fourth-order valence-corrected chi connectivity index (χ4v) is 4.14. The van der Waals surface area contributed by atoms with E-state index in [0.717, 1.165) is 10.9 Å². The van der Waals surface area contributed by atoms with Crippen molar-refractivity contribution in [1.29, 1.82) is 0 Å². The summed E-state index contributed by atoms with van der Waals surface area (Å²) in [5.74, 6) is 1.41. The van der Waals surface area contributed by atoms with Crippen molar-refractivity contribution in [3.63, 3.8) is 0 Å². The van der Waals surface area contributed by atoms with Crippen LogP contribution in [0.4, 0.5) is 0 Å². The smallest absolute Gasteiger partial charge is 0.0931 e. The van der Waals surface area contributed by atoms with E-state index in [9.17, 15) is 0 Å². The molecule has 3 atom stereocenters. The van der Waals surface area contributed by atoms with E-state index in [1.807, 2.05) is 6.07 Å². The quantitative estimate of drug-likeness (QED) is 0.769. The van der Waals surface area contributed by atoms with Crippen LogP contribution in [0.25, 0.3) is 0 Å². The molecule has 2 aromatic rings. The third-order valence-electron chi connectivity index (χ3n) is 4.01. The molecule has 1 heterocycles. The Labute approximate surface area is 130 Å². The third-order valence-corrected chi connectivity index (χ3v) is 5.32. The van der Waals surface area contributed by atoms with Crippen LogP contribution in [0, 0.1) is 5.92 Å². The van der Waals surface area contributed by atoms with Gasteiger partial charge >= 0.3 is 0 Å². The molecule has 106 valence electrons. The van der Waals surface area contributed by atoms with E-state index in [1.54, 1.807) is 11.3 Å². The number of thiophene rings is 1. The van der Waals surface area contributed by atoms with E-state index in [4.69, 9.17) is 11.6 Å². The zero-order valence-electron chi connectivity index (χ0n) is 11.7. The molecule has 3 unspecified atom stereocenters. The van der Waals surface area contributed by atoms with E-state index in [-0.39, 0.29) is 0 Å². The molecule has 1 aromatic carbocycles. The van der Waals surface area contributed by atoms with Gasteiger partial charge in [-0.3, -0.25) is 0 Å². The molecule has 1 aromatic heterocycles. The van der Waals surface area contributed by atoms with Crippen LogP contribution in [0.15, 0.2) is 42.5 Å². The Morgan fingerprint density at radius 2 is 2.05 bits per heavy atom. The fourth-order valence-electron chi connectivity index (χ4n) is 2.92. The summed E-state index contributed by atoms with van der Waals surface area (Å²) in [6, 6.07) is 15.5. The maximum Gasteiger partial charge on any atom is 0.0931 e. The molecule has 0 spiro atoms. The van der Waals surface area contributed by atoms with E-state index in [0.29, 0.717) is 17.9 Å². The van der Waals surface area contributed by atoms with Crippen LogP contribution in [0.2, 0.25) is 4.34 Å². The first kappa shape index (κ1) is 14.1. The van der Waals surface area contributed by atoms with Gasteiger partial charge in [-0.2, -0.15) is 0 Å². The molecule has 0 amide bonds. The molecule has 0 bridgehead atoms. The Morgan fingerprint density at radius 1 is 1.25 bits per heavy atom. The number of halogens is 1. The summed E-state index contributed by atoms with van der Waals surface area (Å²) in [5, 5.41) is 3.71. The Bertz CT molecular complexity index is 551. The van der Waals surface area contributed by atoms with E-state index in [1.165, 1.54) is 23.3 Å². The van der Waals surface area contributed by atoms with Crippen molar-refractivity contribution in [3.05, 3.63) is 57.2 Å². The van der Waals surface area contributed by atoms with Crippen molar-refractivity contribution in [3.8, 4) is 0 Å². The SMILES string of the molecule is CCCNC(c1ccc(Cl)s1)C1CC1c1ccccc1. The Balaban J connectivity index is 1.74. The maximum atomic E-state index is 6.11. The molecule has 20 heavy (non-hydrogen) atoms. The highest BCUT2D eigenvalue weighted by molar-refractivity contribution is 7.16. The van der Waals surface area contributed by atoms with Crippen LogP contribution in [-0.2, 0) is 0 Å². The number of benzene rings is 1. The molecule has 0 radical (unpaired) electrons. The van der Waals surface area contributed by atoms with Crippen molar-refractivity contribution in [2.45, 2.75) is 31.7 Å². The largest absolute Gasteiger partial charge is 0.309 e. The molecule has 1 saturated carbocycles. The van der Waals surface area contributed by atoms with Crippen molar-refractivity contribution in [2.24, 2.45) is 5.92 Å². The molecule has 3 rings (SSSR count). The van der Waals surface area contributed by atoms with Gasteiger partial charge in [0.25, 0.3) is 0 Å². The molecule has 0 saturated heterocycles. The number of hydrogen-bond donors (Lipinski definition) is 1. The maximum absolute atomic E-state index is 6.11. The van der Waals surface area contributed by atoms with Crippen LogP contribution in [0.1, 0.15) is 42.2 Å². The van der Waals surface area contributed by atoms with Gasteiger partial charge in [-0.05, 0) is 48.9 Å². The molecule has 1 aliphatic rings. The topological polar surface area (TPSA) is 12.0 Å². The van der Waals surface area contributed by atoms with E-state index >= 15 is 0 Å². The molecular weight excluding hydrogens is 286 g/mol.